The van der Waals surface area contributed by atoms with E-state index in [-0.39, 0.29) is 37.7 Å². The van der Waals surface area contributed by atoms with Crippen LogP contribution in [0.3, 0.4) is 0 Å². The molecule has 3 amide bonds. The SMILES string of the molecule is CC(C)(C)OC(=O)NCCC(=O)NCCC(=O)Nc1ccc2ccccc2c1. The summed E-state index contributed by atoms with van der Waals surface area (Å²) in [5, 5.41) is 10.1. The zero-order valence-electron chi connectivity index (χ0n) is 16.5. The van der Waals surface area contributed by atoms with Crippen molar-refractivity contribution in [3.05, 3.63) is 42.5 Å². The number of hydrogen-bond donors (Lipinski definition) is 3. The molecule has 3 N–H and O–H groups in total. The number of rotatable bonds is 7. The topological polar surface area (TPSA) is 96.5 Å². The molecule has 0 atom stereocenters. The standard InChI is InChI=1S/C21H27N3O4/c1-21(2,3)28-20(27)23-13-10-18(25)22-12-11-19(26)24-17-9-8-15-6-4-5-7-16(15)14-17/h4-9,14H,10-13H2,1-3H3,(H,22,25)(H,23,27)(H,24,26). The van der Waals surface area contributed by atoms with Gasteiger partial charge < -0.3 is 20.7 Å². The highest BCUT2D eigenvalue weighted by atomic mass is 16.6. The van der Waals surface area contributed by atoms with Crippen LogP contribution in [0.25, 0.3) is 10.8 Å². The molecule has 0 aromatic heterocycles. The van der Waals surface area contributed by atoms with E-state index in [2.05, 4.69) is 16.0 Å². The Morgan fingerprint density at radius 2 is 1.50 bits per heavy atom. The molecular formula is C21H27N3O4. The van der Waals surface area contributed by atoms with Crippen LogP contribution in [0.1, 0.15) is 33.6 Å². The van der Waals surface area contributed by atoms with Crippen LogP contribution in [-0.4, -0.2) is 36.6 Å². The number of ether oxygens (including phenoxy) is 1. The molecule has 0 heterocycles. The van der Waals surface area contributed by atoms with Gasteiger partial charge in [0.05, 0.1) is 0 Å². The van der Waals surface area contributed by atoms with E-state index in [0.29, 0.717) is 0 Å². The lowest BCUT2D eigenvalue weighted by atomic mass is 10.1. The molecule has 7 heteroatoms. The van der Waals surface area contributed by atoms with Gasteiger partial charge in [-0.3, -0.25) is 9.59 Å². The Labute approximate surface area is 164 Å². The van der Waals surface area contributed by atoms with Crippen molar-refractivity contribution >= 4 is 34.4 Å². The lowest BCUT2D eigenvalue weighted by molar-refractivity contribution is -0.121. The van der Waals surface area contributed by atoms with E-state index in [4.69, 9.17) is 4.74 Å². The van der Waals surface area contributed by atoms with Crippen LogP contribution in [-0.2, 0) is 14.3 Å². The zero-order chi connectivity index (χ0) is 20.6. The highest BCUT2D eigenvalue weighted by Gasteiger charge is 2.15. The van der Waals surface area contributed by atoms with E-state index in [1.807, 2.05) is 42.5 Å². The summed E-state index contributed by atoms with van der Waals surface area (Å²) in [6, 6.07) is 13.6. The minimum Gasteiger partial charge on any atom is -0.444 e. The number of alkyl carbamates (subject to hydrolysis) is 1. The molecule has 0 bridgehead atoms. The second kappa shape index (κ2) is 9.73. The average molecular weight is 385 g/mol. The third kappa shape index (κ3) is 7.65. The van der Waals surface area contributed by atoms with Crippen molar-refractivity contribution in [2.24, 2.45) is 0 Å². The number of carbonyl (C=O) groups is 3. The van der Waals surface area contributed by atoms with Gasteiger partial charge in [-0.15, -0.1) is 0 Å². The van der Waals surface area contributed by atoms with Gasteiger partial charge in [-0.25, -0.2) is 4.79 Å². The van der Waals surface area contributed by atoms with Gasteiger partial charge in [0.2, 0.25) is 11.8 Å². The lowest BCUT2D eigenvalue weighted by Gasteiger charge is -2.19. The van der Waals surface area contributed by atoms with Gasteiger partial charge in [0.15, 0.2) is 0 Å². The molecule has 2 aromatic carbocycles. The number of nitrogens with one attached hydrogen (secondary N) is 3. The van der Waals surface area contributed by atoms with E-state index in [1.54, 1.807) is 20.8 Å². The largest absolute Gasteiger partial charge is 0.444 e. The summed E-state index contributed by atoms with van der Waals surface area (Å²) in [5.41, 5.74) is 0.140. The minimum absolute atomic E-state index is 0.117. The summed E-state index contributed by atoms with van der Waals surface area (Å²) in [6.45, 7) is 5.70. The molecule has 0 aliphatic carbocycles. The van der Waals surface area contributed by atoms with Crippen LogP contribution in [0.5, 0.6) is 0 Å². The van der Waals surface area contributed by atoms with E-state index in [9.17, 15) is 14.4 Å². The smallest absolute Gasteiger partial charge is 0.407 e. The number of hydrogen-bond acceptors (Lipinski definition) is 4. The fourth-order valence-electron chi connectivity index (χ4n) is 2.49. The van der Waals surface area contributed by atoms with E-state index >= 15 is 0 Å². The van der Waals surface area contributed by atoms with Gasteiger partial charge in [-0.05, 0) is 43.7 Å². The van der Waals surface area contributed by atoms with Crippen molar-refractivity contribution < 1.29 is 19.1 Å². The van der Waals surface area contributed by atoms with Crippen LogP contribution in [0.2, 0.25) is 0 Å². The van der Waals surface area contributed by atoms with Gasteiger partial charge in [0.1, 0.15) is 5.60 Å². The summed E-state index contributed by atoms with van der Waals surface area (Å²) in [5.74, 6) is -0.419. The normalized spacial score (nSPS) is 11.0. The summed E-state index contributed by atoms with van der Waals surface area (Å²) < 4.78 is 5.08. The number of amides is 3. The molecule has 28 heavy (non-hydrogen) atoms. The van der Waals surface area contributed by atoms with Crippen LogP contribution >= 0.6 is 0 Å². The Hall–Kier alpha value is -3.09. The molecule has 0 fully saturated rings. The van der Waals surface area contributed by atoms with Gasteiger partial charge in [0, 0.05) is 31.6 Å². The molecule has 0 saturated carbocycles. The van der Waals surface area contributed by atoms with Crippen LogP contribution in [0.4, 0.5) is 10.5 Å². The summed E-state index contributed by atoms with van der Waals surface area (Å²) in [6.07, 6.45) is -0.279. The molecule has 0 radical (unpaired) electrons. The highest BCUT2D eigenvalue weighted by molar-refractivity contribution is 5.94. The van der Waals surface area contributed by atoms with Gasteiger partial charge >= 0.3 is 6.09 Å². The first kappa shape index (κ1) is 21.2. The third-order valence-corrected chi connectivity index (χ3v) is 3.73. The maximum Gasteiger partial charge on any atom is 0.407 e. The van der Waals surface area contributed by atoms with Gasteiger partial charge in [-0.1, -0.05) is 30.3 Å². The summed E-state index contributed by atoms with van der Waals surface area (Å²) in [7, 11) is 0. The number of benzene rings is 2. The Kier molecular flexibility index (Phi) is 7.37. The Morgan fingerprint density at radius 1 is 0.857 bits per heavy atom. The summed E-state index contributed by atoms with van der Waals surface area (Å²) in [4.78, 5) is 35.3. The number of anilines is 1. The first-order valence-electron chi connectivity index (χ1n) is 9.25. The molecule has 0 aliphatic rings. The van der Waals surface area contributed by atoms with Crippen molar-refractivity contribution in [3.8, 4) is 0 Å². The van der Waals surface area contributed by atoms with Crippen molar-refractivity contribution in [2.45, 2.75) is 39.2 Å². The van der Waals surface area contributed by atoms with E-state index in [1.165, 1.54) is 0 Å². The third-order valence-electron chi connectivity index (χ3n) is 3.73. The number of carbonyl (C=O) groups excluding carboxylic acids is 3. The lowest BCUT2D eigenvalue weighted by Crippen LogP contribution is -2.35. The zero-order valence-corrected chi connectivity index (χ0v) is 16.5. The Bertz CT molecular complexity index is 843. The van der Waals surface area contributed by atoms with Crippen molar-refractivity contribution in [1.29, 1.82) is 0 Å². The Balaban J connectivity index is 1.64. The molecule has 0 saturated heterocycles. The molecule has 0 aliphatic heterocycles. The molecule has 150 valence electrons. The second-order valence-electron chi connectivity index (χ2n) is 7.39. The van der Waals surface area contributed by atoms with Crippen LogP contribution in [0, 0.1) is 0 Å². The molecule has 2 aromatic rings. The first-order chi connectivity index (χ1) is 13.2. The Morgan fingerprint density at radius 3 is 2.21 bits per heavy atom. The molecule has 7 nitrogen and oxygen atoms in total. The molecular weight excluding hydrogens is 358 g/mol. The highest BCUT2D eigenvalue weighted by Crippen LogP contribution is 2.18. The number of fused-ring (bicyclic) bond motifs is 1. The van der Waals surface area contributed by atoms with E-state index in [0.717, 1.165) is 16.5 Å². The maximum atomic E-state index is 12.0. The molecule has 2 rings (SSSR count). The van der Waals surface area contributed by atoms with Crippen LogP contribution in [0.15, 0.2) is 42.5 Å². The van der Waals surface area contributed by atoms with Crippen molar-refractivity contribution in [3.63, 3.8) is 0 Å². The quantitative estimate of drug-likeness (QED) is 0.682. The first-order valence-corrected chi connectivity index (χ1v) is 9.25. The minimum atomic E-state index is -0.579. The molecule has 0 spiro atoms. The van der Waals surface area contributed by atoms with Crippen molar-refractivity contribution in [2.75, 3.05) is 18.4 Å². The fourth-order valence-corrected chi connectivity index (χ4v) is 2.49. The van der Waals surface area contributed by atoms with Crippen molar-refractivity contribution in [1.82, 2.24) is 10.6 Å². The van der Waals surface area contributed by atoms with Crippen LogP contribution < -0.4 is 16.0 Å². The maximum absolute atomic E-state index is 12.0. The van der Waals surface area contributed by atoms with Gasteiger partial charge in [0.25, 0.3) is 0 Å². The average Bonchev–Trinajstić information content (AvgIpc) is 2.60. The predicted molar refractivity (Wildman–Crippen MR) is 109 cm³/mol. The van der Waals surface area contributed by atoms with E-state index < -0.39 is 11.7 Å². The predicted octanol–water partition coefficient (Wildman–Crippen LogP) is 3.20. The fraction of sp³-hybridized carbons (Fsp3) is 0.381. The monoisotopic (exact) mass is 385 g/mol. The second-order valence-corrected chi connectivity index (χ2v) is 7.39. The van der Waals surface area contributed by atoms with Gasteiger partial charge in [-0.2, -0.15) is 0 Å². The molecule has 0 unspecified atom stereocenters. The summed E-state index contributed by atoms with van der Waals surface area (Å²) >= 11 is 0.